The van der Waals surface area contributed by atoms with Crippen molar-refractivity contribution >= 4 is 53.3 Å². The largest absolute Gasteiger partial charge is 0.355 e. The molecule has 0 saturated heterocycles. The molecule has 0 aromatic heterocycles. The van der Waals surface area contributed by atoms with Gasteiger partial charge in [-0.3, -0.25) is 9.79 Å². The van der Waals surface area contributed by atoms with Crippen molar-refractivity contribution < 1.29 is 4.79 Å². The molecule has 0 spiro atoms. The molecule has 5 nitrogen and oxygen atoms in total. The molecule has 136 valence electrons. The Labute approximate surface area is 166 Å². The van der Waals surface area contributed by atoms with Crippen LogP contribution in [0.2, 0.25) is 0 Å². The van der Waals surface area contributed by atoms with Gasteiger partial charge in [0.15, 0.2) is 5.96 Å². The molecule has 0 bridgehead atoms. The molecule has 1 rings (SSSR count). The highest BCUT2D eigenvalue weighted by Crippen LogP contribution is 2.19. The molecule has 0 fully saturated rings. The van der Waals surface area contributed by atoms with Crippen molar-refractivity contribution in [3.05, 3.63) is 29.8 Å². The third-order valence-electron chi connectivity index (χ3n) is 3.49. The maximum Gasteiger partial charge on any atom is 0.243 e. The van der Waals surface area contributed by atoms with Gasteiger partial charge in [-0.1, -0.05) is 19.1 Å². The van der Waals surface area contributed by atoms with Crippen molar-refractivity contribution in [2.75, 3.05) is 31.7 Å². The van der Waals surface area contributed by atoms with Crippen LogP contribution in [0.4, 0.5) is 5.69 Å². The van der Waals surface area contributed by atoms with Gasteiger partial charge in [-0.25, -0.2) is 0 Å². The second-order valence-electron chi connectivity index (χ2n) is 5.85. The maximum atomic E-state index is 12.0. The van der Waals surface area contributed by atoms with E-state index in [9.17, 15) is 4.79 Å². The zero-order valence-electron chi connectivity index (χ0n) is 15.1. The van der Waals surface area contributed by atoms with Crippen LogP contribution in [0.5, 0.6) is 0 Å². The number of hydrogen-bond donors (Lipinski definition) is 3. The Kier molecular flexibility index (Phi) is 11.1. The van der Waals surface area contributed by atoms with Gasteiger partial charge in [0.1, 0.15) is 0 Å². The Morgan fingerprint density at radius 2 is 2.00 bits per heavy atom. The molecule has 0 aliphatic carbocycles. The molecule has 0 saturated carbocycles. The molecular weight excluding hydrogens is 435 g/mol. The van der Waals surface area contributed by atoms with Gasteiger partial charge in [0, 0.05) is 24.0 Å². The fourth-order valence-corrected chi connectivity index (χ4v) is 2.04. The number of carbonyl (C=O) groups is 1. The summed E-state index contributed by atoms with van der Waals surface area (Å²) >= 11 is 1.78. The first kappa shape index (κ1) is 23.0. The monoisotopic (exact) mass is 464 g/mol. The van der Waals surface area contributed by atoms with Crippen LogP contribution in [0.1, 0.15) is 26.3 Å². The quantitative estimate of drug-likeness (QED) is 0.330. The summed E-state index contributed by atoms with van der Waals surface area (Å²) in [5.74, 6) is 0.537. The number of hydrogen-bond acceptors (Lipinski definition) is 3. The van der Waals surface area contributed by atoms with Gasteiger partial charge >= 0.3 is 0 Å². The van der Waals surface area contributed by atoms with Crippen molar-refractivity contribution in [3.63, 3.8) is 0 Å². The number of benzene rings is 1. The van der Waals surface area contributed by atoms with Crippen molar-refractivity contribution in [2.45, 2.75) is 31.9 Å². The van der Waals surface area contributed by atoms with Crippen LogP contribution in [0.15, 0.2) is 29.3 Å². The van der Waals surface area contributed by atoms with Crippen LogP contribution >= 0.6 is 35.7 Å². The van der Waals surface area contributed by atoms with Crippen LogP contribution < -0.4 is 16.0 Å². The van der Waals surface area contributed by atoms with Gasteiger partial charge in [-0.05, 0) is 44.2 Å². The van der Waals surface area contributed by atoms with Gasteiger partial charge in [-0.2, -0.15) is 11.8 Å². The highest BCUT2D eigenvalue weighted by Gasteiger charge is 2.16. The fraction of sp³-hybridized carbons (Fsp3) is 0.529. The molecule has 0 atom stereocenters. The van der Waals surface area contributed by atoms with E-state index in [-0.39, 0.29) is 41.2 Å². The molecule has 0 aliphatic rings. The first-order valence-electron chi connectivity index (χ1n) is 7.78. The number of guanidine groups is 1. The van der Waals surface area contributed by atoms with Crippen LogP contribution in [-0.2, 0) is 11.2 Å². The second-order valence-corrected chi connectivity index (χ2v) is 7.36. The minimum atomic E-state index is -0.0923. The number of thioether (sulfide) groups is 1. The predicted molar refractivity (Wildman–Crippen MR) is 117 cm³/mol. The molecule has 0 radical (unpaired) electrons. The normalized spacial score (nSPS) is 11.5. The summed E-state index contributed by atoms with van der Waals surface area (Å²) in [4.78, 5) is 16.2. The summed E-state index contributed by atoms with van der Waals surface area (Å²) in [5.41, 5.74) is 2.02. The van der Waals surface area contributed by atoms with E-state index in [0.29, 0.717) is 5.96 Å². The van der Waals surface area contributed by atoms with Crippen molar-refractivity contribution in [1.82, 2.24) is 10.6 Å². The third kappa shape index (κ3) is 8.77. The van der Waals surface area contributed by atoms with E-state index in [1.54, 1.807) is 18.8 Å². The third-order valence-corrected chi connectivity index (χ3v) is 4.74. The molecule has 1 amide bonds. The minimum Gasteiger partial charge on any atom is -0.355 e. The van der Waals surface area contributed by atoms with Crippen LogP contribution in [0.3, 0.4) is 0 Å². The number of aliphatic imine (C=N–C) groups is 1. The number of carbonyl (C=O) groups excluding carboxylic acids is 1. The Morgan fingerprint density at radius 1 is 1.29 bits per heavy atom. The highest BCUT2D eigenvalue weighted by atomic mass is 127. The SMILES string of the molecule is CCc1cccc(NC(=O)CNC(=NC)NCC(C)(C)SC)c1.I. The fourth-order valence-electron chi connectivity index (χ4n) is 1.83. The van der Waals surface area contributed by atoms with E-state index in [1.165, 1.54) is 5.56 Å². The molecule has 1 aromatic carbocycles. The number of aryl methyl sites for hydroxylation is 1. The van der Waals surface area contributed by atoms with Gasteiger partial charge in [0.05, 0.1) is 6.54 Å². The second kappa shape index (κ2) is 11.6. The number of anilines is 1. The topological polar surface area (TPSA) is 65.5 Å². The molecule has 24 heavy (non-hydrogen) atoms. The van der Waals surface area contributed by atoms with E-state index < -0.39 is 0 Å². The molecular formula is C17H29IN4OS. The lowest BCUT2D eigenvalue weighted by Crippen LogP contribution is -2.45. The molecule has 7 heteroatoms. The summed E-state index contributed by atoms with van der Waals surface area (Å²) in [6, 6.07) is 7.89. The van der Waals surface area contributed by atoms with Crippen LogP contribution in [0.25, 0.3) is 0 Å². The average Bonchev–Trinajstić information content (AvgIpc) is 2.55. The van der Waals surface area contributed by atoms with E-state index in [1.807, 2.05) is 24.3 Å². The summed E-state index contributed by atoms with van der Waals surface area (Å²) in [7, 11) is 1.70. The summed E-state index contributed by atoms with van der Waals surface area (Å²) in [6.07, 6.45) is 3.03. The van der Waals surface area contributed by atoms with E-state index >= 15 is 0 Å². The molecule has 0 unspecified atom stereocenters. The summed E-state index contributed by atoms with van der Waals surface area (Å²) in [6.45, 7) is 7.36. The molecule has 0 aliphatic heterocycles. The standard InChI is InChI=1S/C17H28N4OS.HI/c1-6-13-8-7-9-14(10-13)21-15(22)11-19-16(18-4)20-12-17(2,3)23-5;/h7-10H,6,11-12H2,1-5H3,(H,21,22)(H2,18,19,20);1H. The Bertz CT molecular complexity index is 549. The van der Waals surface area contributed by atoms with Gasteiger partial charge in [-0.15, -0.1) is 24.0 Å². The van der Waals surface area contributed by atoms with Crippen molar-refractivity contribution in [1.29, 1.82) is 0 Å². The molecule has 1 aromatic rings. The number of nitrogens with zero attached hydrogens (tertiary/aromatic N) is 1. The minimum absolute atomic E-state index is 0. The number of amides is 1. The molecule has 3 N–H and O–H groups in total. The Hall–Kier alpha value is -0.960. The Balaban J connectivity index is 0.00000529. The number of rotatable bonds is 7. The average molecular weight is 464 g/mol. The predicted octanol–water partition coefficient (Wildman–Crippen LogP) is 3.11. The lowest BCUT2D eigenvalue weighted by Gasteiger charge is -2.23. The van der Waals surface area contributed by atoms with Crippen molar-refractivity contribution in [3.8, 4) is 0 Å². The van der Waals surface area contributed by atoms with Gasteiger partial charge in [0.25, 0.3) is 0 Å². The van der Waals surface area contributed by atoms with E-state index in [0.717, 1.165) is 18.7 Å². The zero-order valence-corrected chi connectivity index (χ0v) is 18.2. The highest BCUT2D eigenvalue weighted by molar-refractivity contribution is 14.0. The first-order valence-corrected chi connectivity index (χ1v) is 9.01. The summed E-state index contributed by atoms with van der Waals surface area (Å²) < 4.78 is 0.112. The smallest absolute Gasteiger partial charge is 0.243 e. The van der Waals surface area contributed by atoms with E-state index in [4.69, 9.17) is 0 Å². The first-order chi connectivity index (χ1) is 10.9. The number of halogens is 1. The number of nitrogens with one attached hydrogen (secondary N) is 3. The van der Waals surface area contributed by atoms with Gasteiger partial charge in [0.2, 0.25) is 5.91 Å². The van der Waals surface area contributed by atoms with Crippen LogP contribution in [0, 0.1) is 0 Å². The molecule has 0 heterocycles. The lowest BCUT2D eigenvalue weighted by molar-refractivity contribution is -0.115. The van der Waals surface area contributed by atoms with Crippen molar-refractivity contribution in [2.24, 2.45) is 4.99 Å². The lowest BCUT2D eigenvalue weighted by atomic mass is 10.1. The Morgan fingerprint density at radius 3 is 2.58 bits per heavy atom. The van der Waals surface area contributed by atoms with Crippen LogP contribution in [-0.4, -0.2) is 43.0 Å². The van der Waals surface area contributed by atoms with E-state index in [2.05, 4.69) is 48.0 Å². The van der Waals surface area contributed by atoms with Gasteiger partial charge < -0.3 is 16.0 Å². The maximum absolute atomic E-state index is 12.0. The summed E-state index contributed by atoms with van der Waals surface area (Å²) in [5, 5.41) is 9.16. The zero-order chi connectivity index (χ0) is 17.3.